The van der Waals surface area contributed by atoms with E-state index in [2.05, 4.69) is 11.6 Å². The highest BCUT2D eigenvalue weighted by molar-refractivity contribution is 7.99. The zero-order valence-corrected chi connectivity index (χ0v) is 13.5. The molecule has 1 saturated carbocycles. The Labute approximate surface area is 129 Å². The standard InChI is InChI=1S/C14H20FNO3S2/c1-2-20-12-5-4-11(8-12)16-21(18,19)14-7-10(9-17)3-6-13(14)15/h3,6-7,11-12,16-17H,2,4-5,8-9H2,1H3. The summed E-state index contributed by atoms with van der Waals surface area (Å²) in [5.41, 5.74) is 0.377. The molecule has 1 aliphatic rings. The van der Waals surface area contributed by atoms with Gasteiger partial charge in [-0.15, -0.1) is 0 Å². The van der Waals surface area contributed by atoms with E-state index in [0.29, 0.717) is 10.8 Å². The normalized spacial score (nSPS) is 22.6. The quantitative estimate of drug-likeness (QED) is 0.838. The molecule has 1 aromatic rings. The number of sulfonamides is 1. The lowest BCUT2D eigenvalue weighted by atomic mass is 10.2. The molecule has 7 heteroatoms. The van der Waals surface area contributed by atoms with Gasteiger partial charge in [-0.2, -0.15) is 11.8 Å². The fraction of sp³-hybridized carbons (Fsp3) is 0.571. The molecule has 2 atom stereocenters. The number of hydrogen-bond donors (Lipinski definition) is 2. The van der Waals surface area contributed by atoms with Gasteiger partial charge in [-0.3, -0.25) is 0 Å². The van der Waals surface area contributed by atoms with Gasteiger partial charge in [-0.1, -0.05) is 13.0 Å². The lowest BCUT2D eigenvalue weighted by Crippen LogP contribution is -2.33. The van der Waals surface area contributed by atoms with Crippen LogP contribution >= 0.6 is 11.8 Å². The van der Waals surface area contributed by atoms with Gasteiger partial charge in [0.05, 0.1) is 6.61 Å². The van der Waals surface area contributed by atoms with E-state index in [1.54, 1.807) is 0 Å². The predicted octanol–water partition coefficient (Wildman–Crippen LogP) is 2.27. The molecule has 21 heavy (non-hydrogen) atoms. The molecule has 4 nitrogen and oxygen atoms in total. The number of benzene rings is 1. The Morgan fingerprint density at radius 3 is 2.86 bits per heavy atom. The third kappa shape index (κ3) is 4.18. The Hall–Kier alpha value is -0.630. The summed E-state index contributed by atoms with van der Waals surface area (Å²) >= 11 is 1.83. The highest BCUT2D eigenvalue weighted by Gasteiger charge is 2.30. The molecule has 0 spiro atoms. The first-order chi connectivity index (χ1) is 9.96. The largest absolute Gasteiger partial charge is 0.392 e. The third-order valence-electron chi connectivity index (χ3n) is 3.58. The minimum atomic E-state index is -3.89. The summed E-state index contributed by atoms with van der Waals surface area (Å²) in [6, 6.07) is 3.49. The summed E-state index contributed by atoms with van der Waals surface area (Å²) in [6.07, 6.45) is 2.53. The summed E-state index contributed by atoms with van der Waals surface area (Å²) in [4.78, 5) is -0.388. The van der Waals surface area contributed by atoms with E-state index in [1.165, 1.54) is 12.1 Å². The Kier molecular flexibility index (Phi) is 5.65. The Morgan fingerprint density at radius 1 is 1.43 bits per heavy atom. The van der Waals surface area contributed by atoms with Gasteiger partial charge < -0.3 is 5.11 Å². The van der Waals surface area contributed by atoms with E-state index in [4.69, 9.17) is 5.11 Å². The van der Waals surface area contributed by atoms with Gasteiger partial charge in [-0.05, 0) is 42.7 Å². The number of rotatable bonds is 6. The number of nitrogens with one attached hydrogen (secondary N) is 1. The molecule has 0 bridgehead atoms. The van der Waals surface area contributed by atoms with Crippen molar-refractivity contribution in [2.75, 3.05) is 5.75 Å². The van der Waals surface area contributed by atoms with Crippen molar-refractivity contribution in [3.63, 3.8) is 0 Å². The molecule has 0 aromatic heterocycles. The second kappa shape index (κ2) is 7.09. The molecule has 0 amide bonds. The van der Waals surface area contributed by atoms with Crippen LogP contribution in [0.2, 0.25) is 0 Å². The van der Waals surface area contributed by atoms with Crippen molar-refractivity contribution < 1.29 is 17.9 Å². The first-order valence-electron chi connectivity index (χ1n) is 6.99. The van der Waals surface area contributed by atoms with Crippen LogP contribution in [0.15, 0.2) is 23.1 Å². The molecule has 0 saturated heterocycles. The summed E-state index contributed by atoms with van der Waals surface area (Å²) < 4.78 is 41.0. The first kappa shape index (κ1) is 16.7. The van der Waals surface area contributed by atoms with Crippen LogP contribution in [0.5, 0.6) is 0 Å². The zero-order chi connectivity index (χ0) is 15.5. The Morgan fingerprint density at radius 2 is 2.19 bits per heavy atom. The molecule has 1 aromatic carbocycles. The van der Waals surface area contributed by atoms with Crippen LogP contribution in [-0.4, -0.2) is 30.6 Å². The Balaban J connectivity index is 2.12. The van der Waals surface area contributed by atoms with Gasteiger partial charge >= 0.3 is 0 Å². The lowest BCUT2D eigenvalue weighted by molar-refractivity contribution is 0.281. The van der Waals surface area contributed by atoms with Gasteiger partial charge in [0.2, 0.25) is 10.0 Å². The number of aliphatic hydroxyl groups is 1. The molecule has 2 rings (SSSR count). The van der Waals surface area contributed by atoms with Gasteiger partial charge in [0.15, 0.2) is 0 Å². The molecule has 0 aliphatic heterocycles. The van der Waals surface area contributed by atoms with Gasteiger partial charge in [0.25, 0.3) is 0 Å². The number of halogens is 1. The second-order valence-corrected chi connectivity index (χ2v) is 8.39. The molecule has 118 valence electrons. The summed E-state index contributed by atoms with van der Waals surface area (Å²) in [7, 11) is -3.89. The van der Waals surface area contributed by atoms with Crippen molar-refractivity contribution in [3.8, 4) is 0 Å². The number of aliphatic hydroxyl groups excluding tert-OH is 1. The van der Waals surface area contributed by atoms with Crippen LogP contribution in [0.25, 0.3) is 0 Å². The van der Waals surface area contributed by atoms with E-state index in [-0.39, 0.29) is 17.5 Å². The Bertz CT molecular complexity index is 592. The molecule has 1 aliphatic carbocycles. The summed E-state index contributed by atoms with van der Waals surface area (Å²) in [5, 5.41) is 9.53. The average Bonchev–Trinajstić information content (AvgIpc) is 2.86. The van der Waals surface area contributed by atoms with Gasteiger partial charge in [-0.25, -0.2) is 17.5 Å². The van der Waals surface area contributed by atoms with E-state index in [1.807, 2.05) is 11.8 Å². The van der Waals surface area contributed by atoms with Crippen LogP contribution in [-0.2, 0) is 16.6 Å². The van der Waals surface area contributed by atoms with E-state index >= 15 is 0 Å². The fourth-order valence-electron chi connectivity index (χ4n) is 2.57. The van der Waals surface area contributed by atoms with Crippen LogP contribution in [0.4, 0.5) is 4.39 Å². The van der Waals surface area contributed by atoms with E-state index < -0.39 is 15.8 Å². The molecular weight excluding hydrogens is 313 g/mol. The van der Waals surface area contributed by atoms with Crippen LogP contribution in [0.1, 0.15) is 31.7 Å². The summed E-state index contributed by atoms with van der Waals surface area (Å²) in [6.45, 7) is 1.76. The predicted molar refractivity (Wildman–Crippen MR) is 82.2 cm³/mol. The number of hydrogen-bond acceptors (Lipinski definition) is 4. The highest BCUT2D eigenvalue weighted by atomic mass is 32.2. The molecule has 0 radical (unpaired) electrons. The minimum Gasteiger partial charge on any atom is -0.392 e. The first-order valence-corrected chi connectivity index (χ1v) is 9.52. The maximum Gasteiger partial charge on any atom is 0.243 e. The van der Waals surface area contributed by atoms with E-state index in [0.717, 1.165) is 31.1 Å². The van der Waals surface area contributed by atoms with Crippen molar-refractivity contribution in [2.45, 2.75) is 49.0 Å². The maximum absolute atomic E-state index is 13.8. The van der Waals surface area contributed by atoms with Crippen molar-refractivity contribution in [1.29, 1.82) is 0 Å². The molecule has 2 N–H and O–H groups in total. The molecular formula is C14H20FNO3S2. The van der Waals surface area contributed by atoms with Crippen LogP contribution in [0, 0.1) is 5.82 Å². The van der Waals surface area contributed by atoms with Gasteiger partial charge in [0, 0.05) is 11.3 Å². The fourth-order valence-corrected chi connectivity index (χ4v) is 5.12. The van der Waals surface area contributed by atoms with Crippen molar-refractivity contribution in [3.05, 3.63) is 29.6 Å². The van der Waals surface area contributed by atoms with Crippen LogP contribution < -0.4 is 4.72 Å². The van der Waals surface area contributed by atoms with Crippen molar-refractivity contribution >= 4 is 21.8 Å². The smallest absolute Gasteiger partial charge is 0.243 e. The second-order valence-electron chi connectivity index (χ2n) is 5.13. The molecule has 0 heterocycles. The third-order valence-corrected chi connectivity index (χ3v) is 6.34. The van der Waals surface area contributed by atoms with Crippen LogP contribution in [0.3, 0.4) is 0 Å². The topological polar surface area (TPSA) is 66.4 Å². The lowest BCUT2D eigenvalue weighted by Gasteiger charge is -2.14. The average molecular weight is 333 g/mol. The molecule has 2 unspecified atom stereocenters. The molecule has 1 fully saturated rings. The van der Waals surface area contributed by atoms with Gasteiger partial charge in [0.1, 0.15) is 10.7 Å². The minimum absolute atomic E-state index is 0.142. The SMILES string of the molecule is CCSC1CCC(NS(=O)(=O)c2cc(CO)ccc2F)C1. The monoisotopic (exact) mass is 333 g/mol. The summed E-state index contributed by atoms with van der Waals surface area (Å²) in [5.74, 6) is 0.217. The number of thioether (sulfide) groups is 1. The van der Waals surface area contributed by atoms with E-state index in [9.17, 15) is 12.8 Å². The zero-order valence-electron chi connectivity index (χ0n) is 11.9. The maximum atomic E-state index is 13.8. The van der Waals surface area contributed by atoms with Crippen molar-refractivity contribution in [2.24, 2.45) is 0 Å². The van der Waals surface area contributed by atoms with Crippen molar-refractivity contribution in [1.82, 2.24) is 4.72 Å². The highest BCUT2D eigenvalue weighted by Crippen LogP contribution is 2.30.